The van der Waals surface area contributed by atoms with Gasteiger partial charge in [-0.1, -0.05) is 42.5 Å². The van der Waals surface area contributed by atoms with Gasteiger partial charge in [0, 0.05) is 17.6 Å². The molecule has 0 spiro atoms. The number of H-pyrrole nitrogens is 1. The first-order valence-corrected chi connectivity index (χ1v) is 8.62. The number of amides is 1. The molecule has 0 radical (unpaired) electrons. The molecule has 1 atom stereocenters. The fourth-order valence-electron chi connectivity index (χ4n) is 2.83. The van der Waals surface area contributed by atoms with Crippen molar-refractivity contribution in [1.29, 1.82) is 0 Å². The molecule has 0 bridgehead atoms. The second-order valence-electron chi connectivity index (χ2n) is 6.15. The molecule has 0 unspecified atom stereocenters. The van der Waals surface area contributed by atoms with Crippen molar-refractivity contribution in [3.05, 3.63) is 84.2 Å². The fourth-order valence-corrected chi connectivity index (χ4v) is 2.83. The summed E-state index contributed by atoms with van der Waals surface area (Å²) in [5.74, 6) is 0.228. The molecule has 2 heterocycles. The number of carbonyl (C=O) groups excluding carboxylic acids is 1. The van der Waals surface area contributed by atoms with Crippen LogP contribution in [0, 0.1) is 0 Å². The summed E-state index contributed by atoms with van der Waals surface area (Å²) >= 11 is 0. The molecule has 6 heteroatoms. The van der Waals surface area contributed by atoms with Crippen molar-refractivity contribution in [3.63, 3.8) is 0 Å². The molecular formula is C21H18N4O2. The van der Waals surface area contributed by atoms with Crippen molar-refractivity contribution in [2.75, 3.05) is 5.32 Å². The summed E-state index contributed by atoms with van der Waals surface area (Å²) in [6.45, 7) is 1.96. The van der Waals surface area contributed by atoms with Gasteiger partial charge < -0.3 is 10.1 Å². The molecule has 0 aliphatic rings. The highest BCUT2D eigenvalue weighted by atomic mass is 16.5. The second kappa shape index (κ2) is 7.29. The SMILES string of the molecule is C[C@H](Oc1ccc(C(=O)Nc2cccc3cn[nH]c23)cn1)c1ccccc1. The molecule has 27 heavy (non-hydrogen) atoms. The summed E-state index contributed by atoms with van der Waals surface area (Å²) in [7, 11) is 0. The van der Waals surface area contributed by atoms with Crippen molar-refractivity contribution >= 4 is 22.5 Å². The topological polar surface area (TPSA) is 79.9 Å². The second-order valence-corrected chi connectivity index (χ2v) is 6.15. The lowest BCUT2D eigenvalue weighted by Gasteiger charge is -2.14. The van der Waals surface area contributed by atoms with Gasteiger partial charge in [0.15, 0.2) is 0 Å². The zero-order chi connectivity index (χ0) is 18.6. The molecule has 2 aromatic heterocycles. The summed E-state index contributed by atoms with van der Waals surface area (Å²) in [6, 6.07) is 18.9. The van der Waals surface area contributed by atoms with Crippen molar-refractivity contribution < 1.29 is 9.53 Å². The monoisotopic (exact) mass is 358 g/mol. The quantitative estimate of drug-likeness (QED) is 0.556. The molecule has 0 fully saturated rings. The van der Waals surface area contributed by atoms with E-state index < -0.39 is 0 Å². The van der Waals surface area contributed by atoms with Crippen LogP contribution in [-0.2, 0) is 0 Å². The number of ether oxygens (including phenoxy) is 1. The lowest BCUT2D eigenvalue weighted by molar-refractivity contribution is 0.102. The van der Waals surface area contributed by atoms with Crippen molar-refractivity contribution in [2.45, 2.75) is 13.0 Å². The number of pyridine rings is 1. The minimum Gasteiger partial charge on any atom is -0.470 e. The van der Waals surface area contributed by atoms with Crippen LogP contribution in [0.15, 0.2) is 73.1 Å². The third-order valence-electron chi connectivity index (χ3n) is 4.29. The Morgan fingerprint density at radius 1 is 1.04 bits per heavy atom. The average Bonchev–Trinajstić information content (AvgIpc) is 3.19. The molecular weight excluding hydrogens is 340 g/mol. The van der Waals surface area contributed by atoms with Gasteiger partial charge in [-0.25, -0.2) is 4.98 Å². The third-order valence-corrected chi connectivity index (χ3v) is 4.29. The molecule has 0 aliphatic heterocycles. The molecule has 0 aliphatic carbocycles. The zero-order valence-corrected chi connectivity index (χ0v) is 14.7. The Morgan fingerprint density at radius 2 is 1.89 bits per heavy atom. The molecule has 0 saturated heterocycles. The van der Waals surface area contributed by atoms with Crippen molar-refractivity contribution in [2.24, 2.45) is 0 Å². The number of anilines is 1. The van der Waals surface area contributed by atoms with Gasteiger partial charge in [-0.2, -0.15) is 5.10 Å². The molecule has 2 aromatic carbocycles. The smallest absolute Gasteiger partial charge is 0.257 e. The van der Waals surface area contributed by atoms with Crippen LogP contribution >= 0.6 is 0 Å². The minimum absolute atomic E-state index is 0.128. The Balaban J connectivity index is 1.45. The largest absolute Gasteiger partial charge is 0.470 e. The van der Waals surface area contributed by atoms with E-state index in [2.05, 4.69) is 20.5 Å². The number of carbonyl (C=O) groups is 1. The van der Waals surface area contributed by atoms with Gasteiger partial charge in [0.2, 0.25) is 5.88 Å². The van der Waals surface area contributed by atoms with Gasteiger partial charge in [0.1, 0.15) is 6.10 Å². The fraction of sp³-hybridized carbons (Fsp3) is 0.0952. The molecule has 4 aromatic rings. The van der Waals surface area contributed by atoms with E-state index in [1.54, 1.807) is 18.3 Å². The number of rotatable bonds is 5. The van der Waals surface area contributed by atoms with E-state index in [1.807, 2.05) is 55.5 Å². The number of aromatic amines is 1. The van der Waals surface area contributed by atoms with Gasteiger partial charge in [-0.05, 0) is 24.6 Å². The average molecular weight is 358 g/mol. The third kappa shape index (κ3) is 3.64. The van der Waals surface area contributed by atoms with Crippen LogP contribution in [0.4, 0.5) is 5.69 Å². The highest BCUT2D eigenvalue weighted by molar-refractivity contribution is 6.08. The van der Waals surface area contributed by atoms with Crippen molar-refractivity contribution in [3.8, 4) is 5.88 Å². The highest BCUT2D eigenvalue weighted by Crippen LogP contribution is 2.22. The lowest BCUT2D eigenvalue weighted by atomic mass is 10.1. The number of nitrogens with zero attached hydrogens (tertiary/aromatic N) is 2. The molecule has 2 N–H and O–H groups in total. The molecule has 6 nitrogen and oxygen atoms in total. The summed E-state index contributed by atoms with van der Waals surface area (Å²) in [5, 5.41) is 10.7. The van der Waals surface area contributed by atoms with Crippen LogP contribution in [0.5, 0.6) is 5.88 Å². The Hall–Kier alpha value is -3.67. The molecule has 1 amide bonds. The Morgan fingerprint density at radius 3 is 2.67 bits per heavy atom. The maximum absolute atomic E-state index is 12.5. The van der Waals surface area contributed by atoms with Crippen LogP contribution in [0.3, 0.4) is 0 Å². The van der Waals surface area contributed by atoms with E-state index in [9.17, 15) is 4.79 Å². The summed E-state index contributed by atoms with van der Waals surface area (Å²) in [6.07, 6.45) is 3.10. The number of nitrogens with one attached hydrogen (secondary N) is 2. The van der Waals surface area contributed by atoms with Gasteiger partial charge >= 0.3 is 0 Å². The lowest BCUT2D eigenvalue weighted by Crippen LogP contribution is -2.13. The van der Waals surface area contributed by atoms with Crippen LogP contribution < -0.4 is 10.1 Å². The highest BCUT2D eigenvalue weighted by Gasteiger charge is 2.12. The van der Waals surface area contributed by atoms with E-state index >= 15 is 0 Å². The Labute approximate surface area is 156 Å². The Bertz CT molecular complexity index is 1060. The predicted molar refractivity (Wildman–Crippen MR) is 104 cm³/mol. The zero-order valence-electron chi connectivity index (χ0n) is 14.7. The first-order chi connectivity index (χ1) is 13.2. The number of fused-ring (bicyclic) bond motifs is 1. The van der Waals surface area contributed by atoms with Crippen LogP contribution in [0.1, 0.15) is 28.9 Å². The normalized spacial score (nSPS) is 11.9. The first kappa shape index (κ1) is 16.8. The summed E-state index contributed by atoms with van der Waals surface area (Å²) in [5.41, 5.74) is 2.98. The van der Waals surface area contributed by atoms with Gasteiger partial charge in [-0.15, -0.1) is 0 Å². The predicted octanol–water partition coefficient (Wildman–Crippen LogP) is 4.35. The first-order valence-electron chi connectivity index (χ1n) is 8.62. The maximum Gasteiger partial charge on any atom is 0.257 e. The number of benzene rings is 2. The van der Waals surface area contributed by atoms with Gasteiger partial charge in [0.05, 0.1) is 23.0 Å². The Kier molecular flexibility index (Phi) is 4.53. The number of para-hydroxylation sites is 1. The van der Waals surface area contributed by atoms with E-state index in [1.165, 1.54) is 6.20 Å². The summed E-state index contributed by atoms with van der Waals surface area (Å²) in [4.78, 5) is 16.8. The van der Waals surface area contributed by atoms with Gasteiger partial charge in [-0.3, -0.25) is 9.89 Å². The number of hydrogen-bond acceptors (Lipinski definition) is 4. The van der Waals surface area contributed by atoms with Crippen molar-refractivity contribution in [1.82, 2.24) is 15.2 Å². The number of hydrogen-bond donors (Lipinski definition) is 2. The molecule has 0 saturated carbocycles. The standard InChI is InChI=1S/C21H18N4O2/c1-14(15-6-3-2-4-7-15)27-19-11-10-17(12-22-19)21(26)24-18-9-5-8-16-13-23-25-20(16)18/h2-14H,1H3,(H,23,25)(H,24,26)/t14-/m0/s1. The maximum atomic E-state index is 12.5. The number of aromatic nitrogens is 3. The minimum atomic E-state index is -0.243. The van der Waals surface area contributed by atoms with Crippen LogP contribution in [-0.4, -0.2) is 21.1 Å². The van der Waals surface area contributed by atoms with E-state index in [0.29, 0.717) is 17.1 Å². The van der Waals surface area contributed by atoms with Crippen LogP contribution in [0.2, 0.25) is 0 Å². The molecule has 4 rings (SSSR count). The molecule has 134 valence electrons. The van der Waals surface area contributed by atoms with Crippen LogP contribution in [0.25, 0.3) is 10.9 Å². The van der Waals surface area contributed by atoms with E-state index in [-0.39, 0.29) is 12.0 Å². The summed E-state index contributed by atoms with van der Waals surface area (Å²) < 4.78 is 5.84. The van der Waals surface area contributed by atoms with E-state index in [0.717, 1.165) is 16.5 Å². The van der Waals surface area contributed by atoms with Gasteiger partial charge in [0.25, 0.3) is 5.91 Å². The van der Waals surface area contributed by atoms with E-state index in [4.69, 9.17) is 4.74 Å².